The van der Waals surface area contributed by atoms with E-state index in [1.807, 2.05) is 0 Å². The molecular formula is C15H28N2O3. The van der Waals surface area contributed by atoms with E-state index < -0.39 is 11.5 Å². The Morgan fingerprint density at radius 2 is 2.20 bits per heavy atom. The highest BCUT2D eigenvalue weighted by Gasteiger charge is 2.46. The van der Waals surface area contributed by atoms with Crippen LogP contribution in [0.2, 0.25) is 0 Å². The maximum atomic E-state index is 11.8. The minimum Gasteiger partial charge on any atom is -0.480 e. The number of nitrogens with zero attached hydrogens (tertiary/aromatic N) is 1. The Labute approximate surface area is 121 Å². The third-order valence-electron chi connectivity index (χ3n) is 4.67. The molecule has 2 aliphatic rings. The highest BCUT2D eigenvalue weighted by atomic mass is 16.5. The molecule has 0 bridgehead atoms. The number of carboxylic acid groups (broad SMARTS) is 1. The second kappa shape index (κ2) is 6.87. The summed E-state index contributed by atoms with van der Waals surface area (Å²) in [5.74, 6) is -0.667. The van der Waals surface area contributed by atoms with E-state index in [0.29, 0.717) is 12.1 Å². The van der Waals surface area contributed by atoms with Gasteiger partial charge in [0.15, 0.2) is 0 Å². The number of nitrogens with one attached hydrogen (secondary N) is 1. The lowest BCUT2D eigenvalue weighted by atomic mass is 9.78. The average Bonchev–Trinajstić information content (AvgIpc) is 3.23. The predicted octanol–water partition coefficient (Wildman–Crippen LogP) is 1.47. The summed E-state index contributed by atoms with van der Waals surface area (Å²) in [6.07, 6.45) is 6.84. The molecule has 0 heterocycles. The molecule has 2 rings (SSSR count). The SMILES string of the molecule is COCCCN(C)C1CCCC(NC2CC2)(C(=O)O)C1. The normalized spacial score (nSPS) is 30.6. The molecule has 2 saturated carbocycles. The summed E-state index contributed by atoms with van der Waals surface area (Å²) in [7, 11) is 3.82. The number of aliphatic carboxylic acids is 1. The Kier molecular flexibility index (Phi) is 5.41. The van der Waals surface area contributed by atoms with E-state index >= 15 is 0 Å². The lowest BCUT2D eigenvalue weighted by Gasteiger charge is -2.42. The molecule has 5 heteroatoms. The van der Waals surface area contributed by atoms with Gasteiger partial charge >= 0.3 is 5.97 Å². The summed E-state index contributed by atoms with van der Waals surface area (Å²) in [4.78, 5) is 14.1. The van der Waals surface area contributed by atoms with Crippen LogP contribution in [0.4, 0.5) is 0 Å². The van der Waals surface area contributed by atoms with E-state index in [1.54, 1.807) is 7.11 Å². The molecule has 5 nitrogen and oxygen atoms in total. The van der Waals surface area contributed by atoms with E-state index in [1.165, 1.54) is 0 Å². The molecule has 2 aliphatic carbocycles. The number of carboxylic acids is 1. The van der Waals surface area contributed by atoms with Crippen molar-refractivity contribution in [2.24, 2.45) is 0 Å². The van der Waals surface area contributed by atoms with E-state index in [4.69, 9.17) is 4.74 Å². The van der Waals surface area contributed by atoms with E-state index in [0.717, 1.165) is 58.1 Å². The second-order valence-corrected chi connectivity index (χ2v) is 6.38. The van der Waals surface area contributed by atoms with Gasteiger partial charge in [-0.1, -0.05) is 0 Å². The van der Waals surface area contributed by atoms with Crippen molar-refractivity contribution in [1.29, 1.82) is 0 Å². The van der Waals surface area contributed by atoms with E-state index in [2.05, 4.69) is 17.3 Å². The molecule has 2 N–H and O–H groups in total. The van der Waals surface area contributed by atoms with Gasteiger partial charge in [0.05, 0.1) is 0 Å². The first-order valence-corrected chi connectivity index (χ1v) is 7.78. The third kappa shape index (κ3) is 3.93. The van der Waals surface area contributed by atoms with Gasteiger partial charge in [-0.15, -0.1) is 0 Å². The van der Waals surface area contributed by atoms with Crippen LogP contribution in [-0.2, 0) is 9.53 Å². The summed E-state index contributed by atoms with van der Waals surface area (Å²) in [5, 5.41) is 13.1. The van der Waals surface area contributed by atoms with Crippen LogP contribution in [0.25, 0.3) is 0 Å². The fraction of sp³-hybridized carbons (Fsp3) is 0.933. The number of methoxy groups -OCH3 is 1. The Morgan fingerprint density at radius 1 is 1.45 bits per heavy atom. The summed E-state index contributed by atoms with van der Waals surface area (Å²) in [6, 6.07) is 0.798. The number of rotatable bonds is 8. The lowest BCUT2D eigenvalue weighted by molar-refractivity contribution is -0.147. The number of carbonyl (C=O) groups is 1. The van der Waals surface area contributed by atoms with Crippen LogP contribution in [0.1, 0.15) is 44.9 Å². The minimum absolute atomic E-state index is 0.364. The molecule has 0 amide bonds. The van der Waals surface area contributed by atoms with Crippen LogP contribution in [0, 0.1) is 0 Å². The van der Waals surface area contributed by atoms with Crippen molar-refractivity contribution in [3.05, 3.63) is 0 Å². The predicted molar refractivity (Wildman–Crippen MR) is 77.9 cm³/mol. The van der Waals surface area contributed by atoms with E-state index in [9.17, 15) is 9.90 Å². The third-order valence-corrected chi connectivity index (χ3v) is 4.67. The summed E-state index contributed by atoms with van der Waals surface area (Å²) in [6.45, 7) is 1.74. The zero-order valence-corrected chi connectivity index (χ0v) is 12.7. The lowest BCUT2D eigenvalue weighted by Crippen LogP contribution is -2.58. The van der Waals surface area contributed by atoms with Gasteiger partial charge in [0, 0.05) is 32.3 Å². The fourth-order valence-electron chi connectivity index (χ4n) is 3.27. The summed E-state index contributed by atoms with van der Waals surface area (Å²) >= 11 is 0. The first-order chi connectivity index (χ1) is 9.57. The Bertz CT molecular complexity index is 333. The van der Waals surface area contributed by atoms with Crippen LogP contribution in [0.3, 0.4) is 0 Å². The summed E-state index contributed by atoms with van der Waals surface area (Å²) < 4.78 is 5.09. The highest BCUT2D eigenvalue weighted by molar-refractivity contribution is 5.79. The first-order valence-electron chi connectivity index (χ1n) is 7.78. The average molecular weight is 284 g/mol. The monoisotopic (exact) mass is 284 g/mol. The molecule has 0 aromatic rings. The number of ether oxygens (including phenoxy) is 1. The van der Waals surface area contributed by atoms with Crippen LogP contribution < -0.4 is 5.32 Å². The van der Waals surface area contributed by atoms with E-state index in [-0.39, 0.29) is 0 Å². The molecule has 0 spiro atoms. The van der Waals surface area contributed by atoms with Crippen molar-refractivity contribution in [2.75, 3.05) is 27.3 Å². The van der Waals surface area contributed by atoms with Gasteiger partial charge in [-0.2, -0.15) is 0 Å². The standard InChI is InChI=1S/C15H28N2O3/c1-17(9-4-10-20-2)13-5-3-8-15(11-13,14(18)19)16-12-6-7-12/h12-13,16H,3-11H2,1-2H3,(H,18,19). The zero-order valence-electron chi connectivity index (χ0n) is 12.7. The fourth-order valence-corrected chi connectivity index (χ4v) is 3.27. The maximum absolute atomic E-state index is 11.8. The molecule has 2 atom stereocenters. The molecule has 0 radical (unpaired) electrons. The van der Waals surface area contributed by atoms with Gasteiger partial charge in [0.25, 0.3) is 0 Å². The largest absolute Gasteiger partial charge is 0.480 e. The first kappa shape index (κ1) is 15.7. The molecule has 0 aromatic heterocycles. The van der Waals surface area contributed by atoms with Crippen molar-refractivity contribution in [1.82, 2.24) is 10.2 Å². The maximum Gasteiger partial charge on any atom is 0.323 e. The smallest absolute Gasteiger partial charge is 0.323 e. The van der Waals surface area contributed by atoms with Gasteiger partial charge in [0.2, 0.25) is 0 Å². The second-order valence-electron chi connectivity index (χ2n) is 6.38. The highest BCUT2D eigenvalue weighted by Crippen LogP contribution is 2.34. The van der Waals surface area contributed by atoms with Gasteiger partial charge in [-0.3, -0.25) is 10.1 Å². The topological polar surface area (TPSA) is 61.8 Å². The molecule has 20 heavy (non-hydrogen) atoms. The molecular weight excluding hydrogens is 256 g/mol. The van der Waals surface area contributed by atoms with Gasteiger partial charge in [-0.05, 0) is 52.0 Å². The van der Waals surface area contributed by atoms with Crippen molar-refractivity contribution < 1.29 is 14.6 Å². The Balaban J connectivity index is 1.92. The minimum atomic E-state index is -0.695. The van der Waals surface area contributed by atoms with Crippen LogP contribution >= 0.6 is 0 Å². The number of hydrogen-bond donors (Lipinski definition) is 2. The molecule has 2 unspecified atom stereocenters. The molecule has 0 aromatic carbocycles. The Hall–Kier alpha value is -0.650. The molecule has 0 saturated heterocycles. The number of hydrogen-bond acceptors (Lipinski definition) is 4. The summed E-state index contributed by atoms with van der Waals surface area (Å²) in [5.41, 5.74) is -0.695. The van der Waals surface area contributed by atoms with Crippen LogP contribution in [0.5, 0.6) is 0 Å². The van der Waals surface area contributed by atoms with Crippen molar-refractivity contribution in [2.45, 2.75) is 62.6 Å². The zero-order chi connectivity index (χ0) is 14.6. The van der Waals surface area contributed by atoms with Crippen molar-refractivity contribution in [3.8, 4) is 0 Å². The van der Waals surface area contributed by atoms with Crippen LogP contribution in [0.15, 0.2) is 0 Å². The quantitative estimate of drug-likeness (QED) is 0.661. The van der Waals surface area contributed by atoms with Crippen molar-refractivity contribution in [3.63, 3.8) is 0 Å². The Morgan fingerprint density at radius 3 is 2.80 bits per heavy atom. The molecule has 0 aliphatic heterocycles. The van der Waals surface area contributed by atoms with Crippen molar-refractivity contribution >= 4 is 5.97 Å². The van der Waals surface area contributed by atoms with Gasteiger partial charge in [-0.25, -0.2) is 0 Å². The van der Waals surface area contributed by atoms with Gasteiger partial charge < -0.3 is 14.7 Å². The molecule has 116 valence electrons. The van der Waals surface area contributed by atoms with Crippen LogP contribution in [-0.4, -0.2) is 60.9 Å². The van der Waals surface area contributed by atoms with Gasteiger partial charge in [0.1, 0.15) is 5.54 Å². The molecule has 2 fully saturated rings.